The van der Waals surface area contributed by atoms with Crippen LogP contribution in [0.25, 0.3) is 6.08 Å². The molecule has 32 heavy (non-hydrogen) atoms. The minimum atomic E-state index is -0.778. The molecule has 1 saturated heterocycles. The number of barbiturate groups is 1. The Labute approximate surface area is 194 Å². The number of nitrogens with zero attached hydrogens (tertiary/aromatic N) is 1. The summed E-state index contributed by atoms with van der Waals surface area (Å²) >= 11 is 7.38. The van der Waals surface area contributed by atoms with Crippen molar-refractivity contribution in [2.75, 3.05) is 4.90 Å². The van der Waals surface area contributed by atoms with E-state index in [0.29, 0.717) is 27.3 Å². The maximum absolute atomic E-state index is 13.0. The van der Waals surface area contributed by atoms with Gasteiger partial charge >= 0.3 is 6.03 Å². The molecular weight excluding hydrogens is 448 g/mol. The smallest absolute Gasteiger partial charge is 0.335 e. The van der Waals surface area contributed by atoms with Crippen LogP contribution < -0.4 is 10.2 Å². The number of hydrogen-bond donors (Lipinski definition) is 1. The number of carbonyl (C=O) groups is 3. The Kier molecular flexibility index (Phi) is 6.48. The van der Waals surface area contributed by atoms with Gasteiger partial charge in [-0.3, -0.25) is 14.9 Å². The number of furan rings is 1. The van der Waals surface area contributed by atoms with E-state index in [1.54, 1.807) is 24.3 Å². The largest absolute Gasteiger partial charge is 0.450 e. The van der Waals surface area contributed by atoms with E-state index in [-0.39, 0.29) is 5.57 Å². The SMILES string of the molecule is CCc1ccc(N2C(=O)NC(=O)/C(=C/c3ccc(SCc4ccc(Cl)cc4)o3)C2=O)cc1. The van der Waals surface area contributed by atoms with E-state index in [1.165, 1.54) is 17.8 Å². The van der Waals surface area contributed by atoms with Crippen LogP contribution in [0.2, 0.25) is 5.02 Å². The molecule has 6 nitrogen and oxygen atoms in total. The normalized spacial score (nSPS) is 15.4. The Morgan fingerprint density at radius 3 is 2.34 bits per heavy atom. The van der Waals surface area contributed by atoms with Crippen LogP contribution in [0.5, 0.6) is 0 Å². The molecule has 3 aromatic rings. The Balaban J connectivity index is 1.52. The van der Waals surface area contributed by atoms with Crippen molar-refractivity contribution >= 4 is 53.0 Å². The summed E-state index contributed by atoms with van der Waals surface area (Å²) in [5, 5.41) is 3.53. The van der Waals surface area contributed by atoms with Crippen molar-refractivity contribution < 1.29 is 18.8 Å². The number of hydrogen-bond acceptors (Lipinski definition) is 5. The summed E-state index contributed by atoms with van der Waals surface area (Å²) < 4.78 is 5.75. The number of rotatable bonds is 6. The predicted molar refractivity (Wildman–Crippen MR) is 125 cm³/mol. The maximum atomic E-state index is 13.0. The van der Waals surface area contributed by atoms with Crippen LogP contribution in [0.1, 0.15) is 23.8 Å². The lowest BCUT2D eigenvalue weighted by molar-refractivity contribution is -0.122. The van der Waals surface area contributed by atoms with E-state index in [4.69, 9.17) is 16.0 Å². The highest BCUT2D eigenvalue weighted by Gasteiger charge is 2.37. The zero-order valence-electron chi connectivity index (χ0n) is 17.1. The van der Waals surface area contributed by atoms with E-state index in [1.807, 2.05) is 43.3 Å². The van der Waals surface area contributed by atoms with E-state index in [2.05, 4.69) is 5.32 Å². The lowest BCUT2D eigenvalue weighted by Crippen LogP contribution is -2.54. The van der Waals surface area contributed by atoms with Crippen LogP contribution in [0.3, 0.4) is 0 Å². The molecule has 2 aromatic carbocycles. The number of nitrogens with one attached hydrogen (secondary N) is 1. The second-order valence-corrected chi connectivity index (χ2v) is 8.47. The maximum Gasteiger partial charge on any atom is 0.335 e. The molecule has 4 rings (SSSR count). The first kappa shape index (κ1) is 21.9. The van der Waals surface area contributed by atoms with Crippen molar-refractivity contribution in [1.82, 2.24) is 5.32 Å². The standard InChI is InChI=1S/C24H19ClN2O4S/c1-2-15-5-9-18(10-6-15)27-23(29)20(22(28)26-24(27)30)13-19-11-12-21(31-19)32-14-16-3-7-17(25)8-4-16/h3-13H,2,14H2,1H3,(H,26,28,30)/b20-13-. The van der Waals surface area contributed by atoms with Gasteiger partial charge in [-0.05, 0) is 60.0 Å². The molecule has 0 unspecified atom stereocenters. The average molecular weight is 467 g/mol. The Hall–Kier alpha value is -3.29. The van der Waals surface area contributed by atoms with Crippen molar-refractivity contribution in [2.45, 2.75) is 24.2 Å². The molecule has 1 fully saturated rings. The second kappa shape index (κ2) is 9.46. The highest BCUT2D eigenvalue weighted by atomic mass is 35.5. The number of carbonyl (C=O) groups excluding carboxylic acids is 3. The number of benzene rings is 2. The van der Waals surface area contributed by atoms with E-state index >= 15 is 0 Å². The average Bonchev–Trinajstić information content (AvgIpc) is 3.24. The monoisotopic (exact) mass is 466 g/mol. The summed E-state index contributed by atoms with van der Waals surface area (Å²) in [7, 11) is 0. The molecule has 0 atom stereocenters. The summed E-state index contributed by atoms with van der Waals surface area (Å²) in [5.74, 6) is -0.434. The minimum Gasteiger partial charge on any atom is -0.450 e. The van der Waals surface area contributed by atoms with E-state index in [0.717, 1.165) is 22.4 Å². The molecule has 0 saturated carbocycles. The summed E-state index contributed by atoms with van der Waals surface area (Å²) in [6.45, 7) is 2.01. The highest BCUT2D eigenvalue weighted by Crippen LogP contribution is 2.28. The van der Waals surface area contributed by atoms with Crippen LogP contribution in [-0.4, -0.2) is 17.8 Å². The van der Waals surface area contributed by atoms with Crippen LogP contribution in [0.15, 0.2) is 75.7 Å². The summed E-state index contributed by atoms with van der Waals surface area (Å²) in [6, 6.07) is 17.2. The fourth-order valence-electron chi connectivity index (χ4n) is 3.14. The van der Waals surface area contributed by atoms with Gasteiger partial charge in [0, 0.05) is 10.8 Å². The van der Waals surface area contributed by atoms with Gasteiger partial charge in [-0.25, -0.2) is 9.69 Å². The van der Waals surface area contributed by atoms with Gasteiger partial charge in [0.15, 0.2) is 5.09 Å². The number of anilines is 1. The Morgan fingerprint density at radius 2 is 1.66 bits per heavy atom. The first-order valence-corrected chi connectivity index (χ1v) is 11.3. The molecule has 8 heteroatoms. The number of imide groups is 2. The third-order valence-corrected chi connectivity index (χ3v) is 6.12. The van der Waals surface area contributed by atoms with Gasteiger partial charge in [-0.1, -0.05) is 54.6 Å². The van der Waals surface area contributed by atoms with Crippen molar-refractivity contribution in [3.8, 4) is 0 Å². The number of halogens is 1. The first-order chi connectivity index (χ1) is 15.4. The third-order valence-electron chi connectivity index (χ3n) is 4.89. The Morgan fingerprint density at radius 1 is 0.969 bits per heavy atom. The van der Waals surface area contributed by atoms with Crippen molar-refractivity contribution in [3.63, 3.8) is 0 Å². The van der Waals surface area contributed by atoms with Crippen molar-refractivity contribution in [3.05, 3.63) is 88.1 Å². The van der Waals surface area contributed by atoms with Crippen molar-refractivity contribution in [2.24, 2.45) is 0 Å². The molecule has 1 aliphatic heterocycles. The van der Waals surface area contributed by atoms with Crippen molar-refractivity contribution in [1.29, 1.82) is 0 Å². The molecule has 1 aromatic heterocycles. The van der Waals surface area contributed by atoms with Gasteiger partial charge < -0.3 is 4.42 Å². The van der Waals surface area contributed by atoms with Crippen LogP contribution >= 0.6 is 23.4 Å². The first-order valence-electron chi connectivity index (χ1n) is 9.92. The lowest BCUT2D eigenvalue weighted by atomic mass is 10.1. The topological polar surface area (TPSA) is 79.6 Å². The van der Waals surface area contributed by atoms with Gasteiger partial charge in [0.25, 0.3) is 11.8 Å². The molecule has 162 valence electrons. The molecule has 1 aliphatic rings. The highest BCUT2D eigenvalue weighted by molar-refractivity contribution is 7.98. The Bertz CT molecular complexity index is 1200. The third kappa shape index (κ3) is 4.79. The molecular formula is C24H19ClN2O4S. The van der Waals surface area contributed by atoms with Crippen LogP contribution in [0, 0.1) is 0 Å². The summed E-state index contributed by atoms with van der Waals surface area (Å²) in [5.41, 5.74) is 2.37. The molecule has 4 amide bonds. The molecule has 1 N–H and O–H groups in total. The number of amides is 4. The van der Waals surface area contributed by atoms with E-state index in [9.17, 15) is 14.4 Å². The fraction of sp³-hybridized carbons (Fsp3) is 0.125. The lowest BCUT2D eigenvalue weighted by Gasteiger charge is -2.26. The zero-order chi connectivity index (χ0) is 22.7. The van der Waals surface area contributed by atoms with Crippen LogP contribution in [0.4, 0.5) is 10.5 Å². The van der Waals surface area contributed by atoms with Gasteiger partial charge in [0.1, 0.15) is 11.3 Å². The predicted octanol–water partition coefficient (Wildman–Crippen LogP) is 5.45. The molecule has 0 bridgehead atoms. The van der Waals surface area contributed by atoms with Gasteiger partial charge in [0.2, 0.25) is 0 Å². The minimum absolute atomic E-state index is 0.173. The quantitative estimate of drug-likeness (QED) is 0.296. The van der Waals surface area contributed by atoms with E-state index < -0.39 is 17.8 Å². The summed E-state index contributed by atoms with van der Waals surface area (Å²) in [4.78, 5) is 38.6. The van der Waals surface area contributed by atoms with Gasteiger partial charge in [-0.2, -0.15) is 0 Å². The zero-order valence-corrected chi connectivity index (χ0v) is 18.7. The van der Waals surface area contributed by atoms with Gasteiger partial charge in [-0.15, -0.1) is 0 Å². The molecule has 2 heterocycles. The van der Waals surface area contributed by atoms with Crippen LogP contribution in [-0.2, 0) is 21.8 Å². The number of aryl methyl sites for hydroxylation is 1. The molecule has 0 aliphatic carbocycles. The fourth-order valence-corrected chi connectivity index (χ4v) is 4.09. The number of urea groups is 1. The molecule has 0 radical (unpaired) electrons. The number of thioether (sulfide) groups is 1. The van der Waals surface area contributed by atoms with Gasteiger partial charge in [0.05, 0.1) is 5.69 Å². The molecule has 0 spiro atoms. The second-order valence-electron chi connectivity index (χ2n) is 7.05. The summed E-state index contributed by atoms with van der Waals surface area (Å²) in [6.07, 6.45) is 2.19.